The van der Waals surface area contributed by atoms with Gasteiger partial charge in [-0.25, -0.2) is 9.18 Å². The Morgan fingerprint density at radius 2 is 0.915 bits per heavy atom. The van der Waals surface area contributed by atoms with Crippen LogP contribution in [0, 0.1) is 5.92 Å². The maximum absolute atomic E-state index is 13.9. The SMILES string of the molecule is C=IC(F)(F)C(F)(F)C(F)(F)COCC(C)OC(=O)C(CC(=O)OC(C)COCC(F)(F)C(F)(F)C(F)(I)I)C(O)C(=O)OC(C)COCC(F)(F)C(F)(F)C(F)(F)F. The monoisotopic (exact) mass is 1250 g/mol. The van der Waals surface area contributed by atoms with Crippen LogP contribution in [-0.2, 0) is 42.8 Å². The van der Waals surface area contributed by atoms with Crippen molar-refractivity contribution in [2.24, 2.45) is 5.92 Å². The lowest BCUT2D eigenvalue weighted by Gasteiger charge is -2.31. The van der Waals surface area contributed by atoms with Crippen LogP contribution in [0.2, 0.25) is 0 Å². The van der Waals surface area contributed by atoms with E-state index in [0.29, 0.717) is 52.1 Å². The van der Waals surface area contributed by atoms with Crippen LogP contribution in [0.15, 0.2) is 0 Å². The molecule has 5 unspecified atom stereocenters. The lowest BCUT2D eigenvalue weighted by molar-refractivity contribution is -0.361. The van der Waals surface area contributed by atoms with Gasteiger partial charge in [-0.1, -0.05) is 4.51 Å². The molecular weight excluding hydrogens is 1220 g/mol. The van der Waals surface area contributed by atoms with Crippen molar-refractivity contribution in [3.63, 3.8) is 0 Å². The van der Waals surface area contributed by atoms with Crippen LogP contribution in [0.25, 0.3) is 0 Å². The van der Waals surface area contributed by atoms with Crippen LogP contribution >= 0.6 is 65.9 Å². The van der Waals surface area contributed by atoms with E-state index in [2.05, 4.69) is 23.5 Å². The molecule has 0 aromatic heterocycles. The molecule has 59 heavy (non-hydrogen) atoms. The number of alkyl halides is 21. The second-order valence-corrected chi connectivity index (χ2v) is 19.2. The van der Waals surface area contributed by atoms with E-state index < -0.39 is 162 Å². The van der Waals surface area contributed by atoms with Crippen molar-refractivity contribution < 1.29 is 127 Å². The second-order valence-electron chi connectivity index (χ2n) is 12.1. The van der Waals surface area contributed by atoms with Crippen molar-refractivity contribution in [3.05, 3.63) is 0 Å². The molecule has 0 bridgehead atoms. The topological polar surface area (TPSA) is 127 Å². The summed E-state index contributed by atoms with van der Waals surface area (Å²) in [5.74, 6) is -42.5. The maximum atomic E-state index is 13.9. The zero-order valence-corrected chi connectivity index (χ0v) is 36.1. The lowest BCUT2D eigenvalue weighted by Crippen LogP contribution is -2.54. The first-order chi connectivity index (χ1) is 26.2. The molecule has 0 aliphatic rings. The number of aliphatic hydroxyl groups excluding tert-OH is 1. The molecule has 31 heteroatoms. The molecular formula is C28H31F18I3O10. The van der Waals surface area contributed by atoms with Gasteiger partial charge in [0.1, 0.15) is 44.1 Å². The summed E-state index contributed by atoms with van der Waals surface area (Å²) in [7, 11) is 0. The first kappa shape index (κ1) is 58.0. The van der Waals surface area contributed by atoms with Crippen molar-refractivity contribution in [2.75, 3.05) is 39.6 Å². The Morgan fingerprint density at radius 3 is 1.27 bits per heavy atom. The molecule has 0 heterocycles. The first-order valence-corrected chi connectivity index (χ1v) is 20.1. The predicted octanol–water partition coefficient (Wildman–Crippen LogP) is 8.06. The number of aliphatic hydroxyl groups is 1. The van der Waals surface area contributed by atoms with E-state index in [1.54, 1.807) is 0 Å². The van der Waals surface area contributed by atoms with Crippen molar-refractivity contribution in [1.82, 2.24) is 0 Å². The average molecular weight is 1250 g/mol. The maximum Gasteiger partial charge on any atom is 0.459 e. The van der Waals surface area contributed by atoms with Gasteiger partial charge in [-0.3, -0.25) is 9.59 Å². The van der Waals surface area contributed by atoms with Crippen molar-refractivity contribution in [2.45, 2.75) is 98.9 Å². The number of carbonyl (C=O) groups excluding carboxylic acids is 3. The van der Waals surface area contributed by atoms with E-state index in [1.807, 2.05) is 0 Å². The minimum absolute atomic E-state index is 0.386. The molecule has 0 radical (unpaired) electrons. The smallest absolute Gasteiger partial charge is 0.459 e. The van der Waals surface area contributed by atoms with E-state index >= 15 is 0 Å². The van der Waals surface area contributed by atoms with E-state index in [0.717, 1.165) is 13.8 Å². The minimum Gasteiger partial charge on any atom is -0.460 e. The van der Waals surface area contributed by atoms with Crippen molar-refractivity contribution in [1.29, 1.82) is 0 Å². The van der Waals surface area contributed by atoms with Crippen LogP contribution in [0.5, 0.6) is 0 Å². The molecule has 0 amide bonds. The summed E-state index contributed by atoms with van der Waals surface area (Å²) in [6.45, 7) is -8.63. The van der Waals surface area contributed by atoms with Gasteiger partial charge in [0.25, 0.3) is 1.68 Å². The minimum atomic E-state index is -6.73. The van der Waals surface area contributed by atoms with Gasteiger partial charge in [0.2, 0.25) is 0 Å². The first-order valence-electron chi connectivity index (χ1n) is 15.3. The van der Waals surface area contributed by atoms with Crippen LogP contribution < -0.4 is 0 Å². The second kappa shape index (κ2) is 21.6. The zero-order valence-electron chi connectivity index (χ0n) is 29.6. The van der Waals surface area contributed by atoms with E-state index in [9.17, 15) is 98.5 Å². The number of hydrogen-bond donors (Lipinski definition) is 1. The van der Waals surface area contributed by atoms with Gasteiger partial charge in [-0.05, 0) is 86.7 Å². The molecule has 350 valence electrons. The van der Waals surface area contributed by atoms with Gasteiger partial charge in [0.15, 0.2) is 6.10 Å². The summed E-state index contributed by atoms with van der Waals surface area (Å²) in [5.41, 5.74) is 0. The molecule has 0 aromatic carbocycles. The highest BCUT2D eigenvalue weighted by Crippen LogP contribution is 2.53. The van der Waals surface area contributed by atoms with Gasteiger partial charge in [-0.15, -0.1) is 0 Å². The summed E-state index contributed by atoms with van der Waals surface area (Å²) < 4.78 is 261. The summed E-state index contributed by atoms with van der Waals surface area (Å²) in [4.78, 5) is 38.1. The van der Waals surface area contributed by atoms with E-state index in [1.165, 1.54) is 0 Å². The average Bonchev–Trinajstić information content (AvgIpc) is 3.04. The molecule has 0 saturated heterocycles. The third-order valence-corrected chi connectivity index (χ3v) is 9.79. The highest BCUT2D eigenvalue weighted by molar-refractivity contribution is 14.2. The van der Waals surface area contributed by atoms with Crippen LogP contribution in [0.3, 0.4) is 0 Å². The summed E-state index contributed by atoms with van der Waals surface area (Å²) in [5, 5.41) is 10.5. The number of halogens is 21. The van der Waals surface area contributed by atoms with Gasteiger partial charge in [-0.2, -0.15) is 74.6 Å². The van der Waals surface area contributed by atoms with Crippen LogP contribution in [0.4, 0.5) is 79.0 Å². The van der Waals surface area contributed by atoms with E-state index in [-0.39, 0.29) is 0 Å². The Labute approximate surface area is 358 Å². The molecule has 0 aliphatic carbocycles. The molecule has 0 saturated carbocycles. The molecule has 0 spiro atoms. The number of ether oxygens (including phenoxy) is 6. The fourth-order valence-electron chi connectivity index (χ4n) is 3.63. The molecule has 0 rings (SSSR count). The summed E-state index contributed by atoms with van der Waals surface area (Å²) in [6, 6.07) is 0. The van der Waals surface area contributed by atoms with Crippen molar-refractivity contribution in [3.8, 4) is 0 Å². The normalized spacial score (nSPS) is 16.8. The summed E-state index contributed by atoms with van der Waals surface area (Å²) in [6.07, 6.45) is -16.7. The zero-order chi connectivity index (χ0) is 47.0. The Balaban J connectivity index is 5.92. The fourth-order valence-corrected chi connectivity index (χ4v) is 5.30. The van der Waals surface area contributed by atoms with Gasteiger partial charge in [0.05, 0.1) is 26.2 Å². The van der Waals surface area contributed by atoms with Crippen LogP contribution in [0.1, 0.15) is 27.2 Å². The Kier molecular flexibility index (Phi) is 21.3. The number of esters is 3. The quantitative estimate of drug-likeness (QED) is 0.0299. The largest absolute Gasteiger partial charge is 0.460 e. The van der Waals surface area contributed by atoms with Gasteiger partial charge < -0.3 is 33.5 Å². The number of rotatable bonds is 26. The van der Waals surface area contributed by atoms with Gasteiger partial charge in [0, 0.05) is 0 Å². The fraction of sp³-hybridized carbons (Fsp3) is 0.857. The Morgan fingerprint density at radius 1 is 0.576 bits per heavy atom. The third-order valence-electron chi connectivity index (χ3n) is 6.80. The van der Waals surface area contributed by atoms with Crippen LogP contribution in [-0.4, -0.2) is 139 Å². The van der Waals surface area contributed by atoms with E-state index in [4.69, 9.17) is 9.47 Å². The molecule has 0 aliphatic heterocycles. The molecule has 1 N–H and O–H groups in total. The van der Waals surface area contributed by atoms with Crippen molar-refractivity contribution >= 4 is 88.3 Å². The molecule has 10 nitrogen and oxygen atoms in total. The Bertz CT molecular complexity index is 1420. The lowest BCUT2D eigenvalue weighted by atomic mass is 9.98. The predicted molar refractivity (Wildman–Crippen MR) is 187 cm³/mol. The molecule has 0 aromatic rings. The van der Waals surface area contributed by atoms with Gasteiger partial charge >= 0.3 is 63.5 Å². The summed E-state index contributed by atoms with van der Waals surface area (Å²) >= 11 is -2.25. The number of carbonyl (C=O) groups is 3. The third kappa shape index (κ3) is 15.7. The number of hydrogen-bond acceptors (Lipinski definition) is 10. The highest BCUT2D eigenvalue weighted by Gasteiger charge is 2.73. The molecule has 0 fully saturated rings. The highest BCUT2D eigenvalue weighted by atomic mass is 127. The Hall–Kier alpha value is -0.950. The molecule has 5 atom stereocenters. The standard InChI is InChI=1S/C28H31F18I3O10/c1-12(6-54-11-22(33,34)25(39,40)28(46,47)48)57-16(50)5-15(18(52)58-13(2)7-56-10-21(31,32)24(37,38)27(44,45)49-4)17(51)19(53)59-14(3)8-55-9-20(29,30)23(35,36)26(41,42)43/h12-15,17,51H,4-11H2,1-3H3.